The smallest absolute Gasteiger partial charge is 0.193 e. The van der Waals surface area contributed by atoms with E-state index in [1.54, 1.807) is 0 Å². The Balaban J connectivity index is 1.57. The van der Waals surface area contributed by atoms with Crippen LogP contribution in [0.15, 0.2) is 11.2 Å². The number of guanidine groups is 1. The first-order chi connectivity index (χ1) is 10.4. The predicted octanol–water partition coefficient (Wildman–Crippen LogP) is 1.82. The summed E-state index contributed by atoms with van der Waals surface area (Å²) in [5, 5.41) is 3.41. The Kier molecular flexibility index (Phi) is 4.78. The molecule has 1 fully saturated rings. The van der Waals surface area contributed by atoms with Gasteiger partial charge in [-0.15, -0.1) is 0 Å². The summed E-state index contributed by atoms with van der Waals surface area (Å²) in [5.41, 5.74) is 1.20. The number of hydrogen-bond donors (Lipinski definition) is 1. The lowest BCUT2D eigenvalue weighted by Crippen LogP contribution is -2.39. The zero-order valence-corrected chi connectivity index (χ0v) is 13.1. The number of rotatable bonds is 4. The monoisotopic (exact) mass is 289 g/mol. The van der Waals surface area contributed by atoms with Crippen molar-refractivity contribution >= 4 is 5.96 Å². The number of aryl methyl sites for hydroxylation is 2. The van der Waals surface area contributed by atoms with Crippen LogP contribution in [0.4, 0.5) is 0 Å². The highest BCUT2D eigenvalue weighted by molar-refractivity contribution is 5.80. The number of aromatic nitrogens is 2. The molecule has 21 heavy (non-hydrogen) atoms. The van der Waals surface area contributed by atoms with Gasteiger partial charge in [0.05, 0.1) is 5.69 Å². The summed E-state index contributed by atoms with van der Waals surface area (Å²) < 4.78 is 2.33. The summed E-state index contributed by atoms with van der Waals surface area (Å²) in [6, 6.07) is 0. The lowest BCUT2D eigenvalue weighted by molar-refractivity contribution is 0.494. The van der Waals surface area contributed by atoms with E-state index in [4.69, 9.17) is 9.98 Å². The highest BCUT2D eigenvalue weighted by atomic mass is 15.3. The Morgan fingerprint density at radius 3 is 2.81 bits per heavy atom. The maximum atomic E-state index is 4.78. The molecule has 0 aliphatic carbocycles. The third-order valence-electron chi connectivity index (χ3n) is 4.33. The van der Waals surface area contributed by atoms with Gasteiger partial charge in [-0.05, 0) is 32.6 Å². The van der Waals surface area contributed by atoms with E-state index in [9.17, 15) is 0 Å². The minimum absolute atomic E-state index is 0.829. The molecule has 3 rings (SSSR count). The number of hydrogen-bond acceptors (Lipinski definition) is 2. The van der Waals surface area contributed by atoms with Gasteiger partial charge in [-0.25, -0.2) is 4.98 Å². The molecule has 1 aromatic heterocycles. The van der Waals surface area contributed by atoms with Crippen LogP contribution in [-0.2, 0) is 19.4 Å². The van der Waals surface area contributed by atoms with Crippen LogP contribution in [0.3, 0.4) is 0 Å². The van der Waals surface area contributed by atoms with Crippen molar-refractivity contribution < 1.29 is 0 Å². The summed E-state index contributed by atoms with van der Waals surface area (Å²) in [6.45, 7) is 7.33. The van der Waals surface area contributed by atoms with Gasteiger partial charge in [-0.3, -0.25) is 4.99 Å². The Hall–Kier alpha value is -1.52. The van der Waals surface area contributed by atoms with Crippen molar-refractivity contribution in [1.82, 2.24) is 19.8 Å². The van der Waals surface area contributed by atoms with Crippen LogP contribution in [0.25, 0.3) is 0 Å². The number of fused-ring (bicyclic) bond motifs is 1. The van der Waals surface area contributed by atoms with Gasteiger partial charge in [0.25, 0.3) is 0 Å². The predicted molar refractivity (Wildman–Crippen MR) is 85.7 cm³/mol. The van der Waals surface area contributed by atoms with Crippen LogP contribution in [0, 0.1) is 0 Å². The molecule has 0 atom stereocenters. The standard InChI is InChI=1S/C16H27N5/c1-2-17-16(20-10-5-6-11-20)18-9-8-14-13-21-12-4-3-7-15(21)19-14/h13H,2-12H2,1H3,(H,17,18). The van der Waals surface area contributed by atoms with Gasteiger partial charge >= 0.3 is 0 Å². The quantitative estimate of drug-likeness (QED) is 0.679. The Bertz CT molecular complexity index is 461. The molecule has 5 heteroatoms. The second-order valence-corrected chi connectivity index (χ2v) is 5.98. The molecule has 0 bridgehead atoms. The SMILES string of the molecule is CCNC(=NCCc1cn2c(n1)CCCC2)N1CCCC1. The number of aliphatic imine (C=N–C) groups is 1. The van der Waals surface area contributed by atoms with Gasteiger partial charge in [-0.1, -0.05) is 0 Å². The first kappa shape index (κ1) is 14.4. The number of likely N-dealkylation sites (tertiary alicyclic amines) is 1. The van der Waals surface area contributed by atoms with Crippen molar-refractivity contribution in [3.05, 3.63) is 17.7 Å². The lowest BCUT2D eigenvalue weighted by Gasteiger charge is -2.20. The van der Waals surface area contributed by atoms with E-state index in [1.807, 2.05) is 0 Å². The second kappa shape index (κ2) is 6.96. The fourth-order valence-electron chi connectivity index (χ4n) is 3.22. The Morgan fingerprint density at radius 1 is 1.24 bits per heavy atom. The Morgan fingerprint density at radius 2 is 2.05 bits per heavy atom. The van der Waals surface area contributed by atoms with Crippen LogP contribution in [0.1, 0.15) is 44.1 Å². The van der Waals surface area contributed by atoms with Gasteiger partial charge in [0, 0.05) is 51.8 Å². The number of nitrogens with zero attached hydrogens (tertiary/aromatic N) is 4. The van der Waals surface area contributed by atoms with Gasteiger partial charge in [-0.2, -0.15) is 0 Å². The largest absolute Gasteiger partial charge is 0.357 e. The van der Waals surface area contributed by atoms with E-state index in [2.05, 4.69) is 27.9 Å². The van der Waals surface area contributed by atoms with E-state index in [0.29, 0.717) is 0 Å². The van der Waals surface area contributed by atoms with Gasteiger partial charge in [0.1, 0.15) is 5.82 Å². The molecule has 1 N–H and O–H groups in total. The minimum atomic E-state index is 0.829. The van der Waals surface area contributed by atoms with Crippen LogP contribution in [-0.4, -0.2) is 46.6 Å². The highest BCUT2D eigenvalue weighted by Gasteiger charge is 2.15. The molecule has 5 nitrogen and oxygen atoms in total. The fraction of sp³-hybridized carbons (Fsp3) is 0.750. The van der Waals surface area contributed by atoms with Crippen molar-refractivity contribution in [1.29, 1.82) is 0 Å². The maximum Gasteiger partial charge on any atom is 0.193 e. The molecule has 0 unspecified atom stereocenters. The Labute approximate surface area is 127 Å². The average molecular weight is 289 g/mol. The van der Waals surface area contributed by atoms with Gasteiger partial charge in [0.2, 0.25) is 0 Å². The van der Waals surface area contributed by atoms with Crippen molar-refractivity contribution in [2.45, 2.75) is 52.0 Å². The van der Waals surface area contributed by atoms with E-state index >= 15 is 0 Å². The molecule has 0 amide bonds. The van der Waals surface area contributed by atoms with Crippen LogP contribution >= 0.6 is 0 Å². The summed E-state index contributed by atoms with van der Waals surface area (Å²) in [7, 11) is 0. The van der Waals surface area contributed by atoms with E-state index < -0.39 is 0 Å². The van der Waals surface area contributed by atoms with Crippen molar-refractivity contribution in [3.63, 3.8) is 0 Å². The molecule has 0 radical (unpaired) electrons. The van der Waals surface area contributed by atoms with Crippen molar-refractivity contribution in [2.24, 2.45) is 4.99 Å². The van der Waals surface area contributed by atoms with Gasteiger partial charge in [0.15, 0.2) is 5.96 Å². The molecular weight excluding hydrogens is 262 g/mol. The van der Waals surface area contributed by atoms with Gasteiger partial charge < -0.3 is 14.8 Å². The summed E-state index contributed by atoms with van der Waals surface area (Å²) in [5.74, 6) is 2.35. The average Bonchev–Trinajstić information content (AvgIpc) is 3.15. The first-order valence-electron chi connectivity index (χ1n) is 8.45. The third kappa shape index (κ3) is 3.57. The maximum absolute atomic E-state index is 4.78. The summed E-state index contributed by atoms with van der Waals surface area (Å²) in [6.07, 6.45) is 9.47. The zero-order chi connectivity index (χ0) is 14.5. The first-order valence-corrected chi connectivity index (χ1v) is 8.45. The highest BCUT2D eigenvalue weighted by Crippen LogP contribution is 2.15. The zero-order valence-electron chi connectivity index (χ0n) is 13.1. The lowest BCUT2D eigenvalue weighted by atomic mass is 10.2. The number of imidazole rings is 1. The van der Waals surface area contributed by atoms with Crippen molar-refractivity contribution in [2.75, 3.05) is 26.2 Å². The van der Waals surface area contributed by atoms with Crippen LogP contribution < -0.4 is 5.32 Å². The molecule has 0 aromatic carbocycles. The number of nitrogens with one attached hydrogen (secondary N) is 1. The molecule has 2 aliphatic rings. The fourth-order valence-corrected chi connectivity index (χ4v) is 3.22. The van der Waals surface area contributed by atoms with E-state index in [1.165, 1.54) is 37.2 Å². The van der Waals surface area contributed by atoms with E-state index in [-0.39, 0.29) is 0 Å². The van der Waals surface area contributed by atoms with Crippen LogP contribution in [0.5, 0.6) is 0 Å². The second-order valence-electron chi connectivity index (χ2n) is 5.98. The minimum Gasteiger partial charge on any atom is -0.357 e. The normalized spacial score (nSPS) is 18.9. The molecule has 1 saturated heterocycles. The molecule has 0 saturated carbocycles. The molecular formula is C16H27N5. The third-order valence-corrected chi connectivity index (χ3v) is 4.33. The summed E-state index contributed by atoms with van der Waals surface area (Å²) in [4.78, 5) is 11.9. The molecule has 2 aliphatic heterocycles. The van der Waals surface area contributed by atoms with Crippen LogP contribution in [0.2, 0.25) is 0 Å². The topological polar surface area (TPSA) is 45.5 Å². The van der Waals surface area contributed by atoms with Crippen molar-refractivity contribution in [3.8, 4) is 0 Å². The molecule has 116 valence electrons. The molecule has 1 aromatic rings. The van der Waals surface area contributed by atoms with E-state index in [0.717, 1.165) is 51.5 Å². The molecule has 3 heterocycles. The molecule has 0 spiro atoms. The summed E-state index contributed by atoms with van der Waals surface area (Å²) >= 11 is 0.